The second-order valence-corrected chi connectivity index (χ2v) is 5.83. The Kier molecular flexibility index (Phi) is 3.81. The summed E-state index contributed by atoms with van der Waals surface area (Å²) in [7, 11) is -4.17. The van der Waals surface area contributed by atoms with Crippen LogP contribution in [-0.2, 0) is 10.1 Å². The Morgan fingerprint density at radius 3 is 2.48 bits per heavy atom. The topological polar surface area (TPSA) is 113 Å². The third-order valence-corrected chi connectivity index (χ3v) is 4.01. The first-order chi connectivity index (χ1) is 9.81. The predicted molar refractivity (Wildman–Crippen MR) is 76.5 cm³/mol. The highest BCUT2D eigenvalue weighted by atomic mass is 32.2. The summed E-state index contributed by atoms with van der Waals surface area (Å²) in [6.07, 6.45) is 0. The van der Waals surface area contributed by atoms with Crippen LogP contribution in [0, 0.1) is 17.0 Å². The summed E-state index contributed by atoms with van der Waals surface area (Å²) in [4.78, 5) is 9.73. The van der Waals surface area contributed by atoms with E-state index in [4.69, 9.17) is 9.92 Å². The SMILES string of the molecule is Cc1ccccc1OS(=O)(=O)c1ccc(N)c([N+](=O)[O-])c1. The summed E-state index contributed by atoms with van der Waals surface area (Å²) < 4.78 is 29.3. The molecule has 0 atom stereocenters. The lowest BCUT2D eigenvalue weighted by Gasteiger charge is -2.09. The highest BCUT2D eigenvalue weighted by molar-refractivity contribution is 7.87. The molecule has 0 amide bonds. The van der Waals surface area contributed by atoms with E-state index in [0.717, 1.165) is 18.2 Å². The Morgan fingerprint density at radius 2 is 1.86 bits per heavy atom. The summed E-state index contributed by atoms with van der Waals surface area (Å²) in [5, 5.41) is 10.8. The molecule has 21 heavy (non-hydrogen) atoms. The van der Waals surface area contributed by atoms with Crippen LogP contribution in [0.25, 0.3) is 0 Å². The van der Waals surface area contributed by atoms with Crippen LogP contribution in [0.5, 0.6) is 5.75 Å². The molecule has 0 spiro atoms. The maximum Gasteiger partial charge on any atom is 0.339 e. The molecule has 2 aromatic rings. The van der Waals surface area contributed by atoms with Gasteiger partial charge in [-0.25, -0.2) is 0 Å². The molecule has 8 heteroatoms. The van der Waals surface area contributed by atoms with Crippen LogP contribution >= 0.6 is 0 Å². The molecule has 0 aliphatic heterocycles. The molecular weight excluding hydrogens is 296 g/mol. The van der Waals surface area contributed by atoms with Gasteiger partial charge in [0.05, 0.1) is 4.92 Å². The molecule has 0 radical (unpaired) electrons. The van der Waals surface area contributed by atoms with E-state index in [1.807, 2.05) is 0 Å². The van der Waals surface area contributed by atoms with Crippen molar-refractivity contribution in [1.29, 1.82) is 0 Å². The molecule has 0 aliphatic carbocycles. The van der Waals surface area contributed by atoms with Crippen LogP contribution in [0.4, 0.5) is 11.4 Å². The zero-order valence-corrected chi connectivity index (χ0v) is 11.8. The largest absolute Gasteiger partial charge is 0.393 e. The Balaban J connectivity index is 2.43. The normalized spacial score (nSPS) is 11.1. The predicted octanol–water partition coefficient (Wildman–Crippen LogP) is 2.25. The van der Waals surface area contributed by atoms with E-state index >= 15 is 0 Å². The second kappa shape index (κ2) is 5.41. The van der Waals surface area contributed by atoms with Crippen molar-refractivity contribution in [3.05, 3.63) is 58.1 Å². The fourth-order valence-corrected chi connectivity index (χ4v) is 2.66. The van der Waals surface area contributed by atoms with Gasteiger partial charge in [0.1, 0.15) is 16.3 Å². The van der Waals surface area contributed by atoms with Crippen LogP contribution in [-0.4, -0.2) is 13.3 Å². The zero-order chi connectivity index (χ0) is 15.6. The number of benzene rings is 2. The molecular formula is C13H12N2O5S. The Morgan fingerprint density at radius 1 is 1.19 bits per heavy atom. The van der Waals surface area contributed by atoms with Gasteiger partial charge in [0.15, 0.2) is 0 Å². The van der Waals surface area contributed by atoms with Crippen molar-refractivity contribution >= 4 is 21.5 Å². The minimum absolute atomic E-state index is 0.116. The molecule has 0 heterocycles. The average molecular weight is 308 g/mol. The summed E-state index contributed by atoms with van der Waals surface area (Å²) in [6.45, 7) is 1.69. The molecule has 2 rings (SSSR count). The van der Waals surface area contributed by atoms with Gasteiger partial charge in [-0.1, -0.05) is 18.2 Å². The number of hydrogen-bond acceptors (Lipinski definition) is 6. The monoisotopic (exact) mass is 308 g/mol. The standard InChI is InChI=1S/C13H12N2O5S/c1-9-4-2-3-5-13(9)20-21(18,19)10-6-7-11(14)12(8-10)15(16)17/h2-8H,14H2,1H3. The number of nitro groups is 1. The summed E-state index contributed by atoms with van der Waals surface area (Å²) in [5.74, 6) is 0.164. The van der Waals surface area contributed by atoms with Gasteiger partial charge in [-0.3, -0.25) is 10.1 Å². The quantitative estimate of drug-likeness (QED) is 0.401. The lowest BCUT2D eigenvalue weighted by Crippen LogP contribution is -2.11. The van der Waals surface area contributed by atoms with E-state index in [1.54, 1.807) is 25.1 Å². The molecule has 0 saturated carbocycles. The third kappa shape index (κ3) is 3.11. The van der Waals surface area contributed by atoms with Gasteiger partial charge < -0.3 is 9.92 Å². The van der Waals surface area contributed by atoms with Crippen molar-refractivity contribution < 1.29 is 17.5 Å². The van der Waals surface area contributed by atoms with Crippen LogP contribution in [0.2, 0.25) is 0 Å². The van der Waals surface area contributed by atoms with Crippen molar-refractivity contribution in [2.24, 2.45) is 0 Å². The minimum Gasteiger partial charge on any atom is -0.393 e. The molecule has 0 aromatic heterocycles. The van der Waals surface area contributed by atoms with E-state index < -0.39 is 20.7 Å². The number of para-hydroxylation sites is 1. The highest BCUT2D eigenvalue weighted by Gasteiger charge is 2.22. The minimum atomic E-state index is -4.17. The number of nitrogens with zero attached hydrogens (tertiary/aromatic N) is 1. The Bertz CT molecular complexity index is 802. The van der Waals surface area contributed by atoms with E-state index in [9.17, 15) is 18.5 Å². The molecule has 2 N–H and O–H groups in total. The number of nitrogen functional groups attached to an aromatic ring is 1. The number of rotatable bonds is 4. The van der Waals surface area contributed by atoms with E-state index in [1.165, 1.54) is 6.07 Å². The van der Waals surface area contributed by atoms with Crippen LogP contribution in [0.15, 0.2) is 47.4 Å². The number of hydrogen-bond donors (Lipinski definition) is 1. The van der Waals surface area contributed by atoms with E-state index in [0.29, 0.717) is 5.56 Å². The van der Waals surface area contributed by atoms with Crippen molar-refractivity contribution in [3.8, 4) is 5.75 Å². The third-order valence-electron chi connectivity index (χ3n) is 2.78. The maximum atomic E-state index is 12.2. The van der Waals surface area contributed by atoms with Gasteiger partial charge in [0.25, 0.3) is 5.69 Å². The molecule has 0 aliphatic rings. The molecule has 0 saturated heterocycles. The van der Waals surface area contributed by atoms with E-state index in [-0.39, 0.29) is 16.3 Å². The Labute approximate surface area is 121 Å². The van der Waals surface area contributed by atoms with Crippen molar-refractivity contribution in [3.63, 3.8) is 0 Å². The lowest BCUT2D eigenvalue weighted by atomic mass is 10.2. The van der Waals surface area contributed by atoms with Gasteiger partial charge in [-0.15, -0.1) is 0 Å². The molecule has 2 aromatic carbocycles. The van der Waals surface area contributed by atoms with Crippen molar-refractivity contribution in [2.75, 3.05) is 5.73 Å². The van der Waals surface area contributed by atoms with Gasteiger partial charge >= 0.3 is 10.1 Å². The average Bonchev–Trinajstić information content (AvgIpc) is 2.41. The van der Waals surface area contributed by atoms with E-state index in [2.05, 4.69) is 0 Å². The summed E-state index contributed by atoms with van der Waals surface area (Å²) in [5.41, 5.74) is 5.47. The number of nitro benzene ring substituents is 1. The fraction of sp³-hybridized carbons (Fsp3) is 0.0769. The van der Waals surface area contributed by atoms with Crippen molar-refractivity contribution in [1.82, 2.24) is 0 Å². The lowest BCUT2D eigenvalue weighted by molar-refractivity contribution is -0.384. The first-order valence-electron chi connectivity index (χ1n) is 5.85. The Hall–Kier alpha value is -2.61. The molecule has 0 unspecified atom stereocenters. The van der Waals surface area contributed by atoms with Gasteiger partial charge in [-0.05, 0) is 30.7 Å². The maximum absolute atomic E-state index is 12.2. The first kappa shape index (κ1) is 14.8. The molecule has 7 nitrogen and oxygen atoms in total. The van der Waals surface area contributed by atoms with Gasteiger partial charge in [0.2, 0.25) is 0 Å². The zero-order valence-electron chi connectivity index (χ0n) is 11.0. The van der Waals surface area contributed by atoms with Crippen LogP contribution in [0.1, 0.15) is 5.56 Å². The van der Waals surface area contributed by atoms with Crippen LogP contribution in [0.3, 0.4) is 0 Å². The summed E-state index contributed by atoms with van der Waals surface area (Å²) >= 11 is 0. The van der Waals surface area contributed by atoms with Gasteiger partial charge in [-0.2, -0.15) is 8.42 Å². The fourth-order valence-electron chi connectivity index (χ4n) is 1.65. The molecule has 110 valence electrons. The molecule has 0 bridgehead atoms. The number of anilines is 1. The van der Waals surface area contributed by atoms with Gasteiger partial charge in [0, 0.05) is 6.07 Å². The van der Waals surface area contributed by atoms with Crippen LogP contribution < -0.4 is 9.92 Å². The number of aryl methyl sites for hydroxylation is 1. The summed E-state index contributed by atoms with van der Waals surface area (Å²) in [6, 6.07) is 9.76. The smallest absolute Gasteiger partial charge is 0.339 e. The van der Waals surface area contributed by atoms with Crippen molar-refractivity contribution in [2.45, 2.75) is 11.8 Å². The first-order valence-corrected chi connectivity index (χ1v) is 7.26. The molecule has 0 fully saturated rings. The highest BCUT2D eigenvalue weighted by Crippen LogP contribution is 2.27. The number of nitrogens with two attached hydrogens (primary N) is 1. The second-order valence-electron chi connectivity index (χ2n) is 4.28.